The molecule has 19 heavy (non-hydrogen) atoms. The molecule has 0 aliphatic heterocycles. The molecule has 1 N–H and O–H groups in total. The Bertz CT molecular complexity index is 212. The van der Waals surface area contributed by atoms with Crippen LogP contribution in [-0.4, -0.2) is 78.8 Å². The van der Waals surface area contributed by atoms with E-state index in [0.29, 0.717) is 52.8 Å². The van der Waals surface area contributed by atoms with Crippen LogP contribution in [0.2, 0.25) is 0 Å². The number of nitrogens with one attached hydrogen (secondary N) is 1. The van der Waals surface area contributed by atoms with Crippen LogP contribution in [-0.2, 0) is 23.7 Å². The van der Waals surface area contributed by atoms with Crippen molar-refractivity contribution in [2.45, 2.75) is 0 Å². The molecule has 110 valence electrons. The van der Waals surface area contributed by atoms with Gasteiger partial charge in [0.05, 0.1) is 52.0 Å². The number of ether oxygens (including phenoxy) is 4. The average molecular weight is 291 g/mol. The number of thiol groups is 1. The number of hydrogen-bond acceptors (Lipinski definition) is 6. The highest BCUT2D eigenvalue weighted by atomic mass is 32.1. The van der Waals surface area contributed by atoms with Crippen molar-refractivity contribution >= 4 is 26.4 Å². The molecule has 0 aromatic carbocycles. The van der Waals surface area contributed by atoms with Crippen molar-refractivity contribution in [1.82, 2.24) is 5.32 Å². The summed E-state index contributed by atoms with van der Waals surface area (Å²) in [5.74, 6) is 0.0957. The topological polar surface area (TPSA) is 66.0 Å². The number of carbonyl (C=O) groups is 1. The van der Waals surface area contributed by atoms with Gasteiger partial charge in [0.2, 0.25) is 5.91 Å². The Morgan fingerprint density at radius 2 is 1.37 bits per heavy atom. The van der Waals surface area contributed by atoms with Gasteiger partial charge in [-0.3, -0.25) is 4.79 Å². The SMILES string of the molecule is [B]COCCOCCOCCOCCNC(=O)CS. The molecule has 0 bridgehead atoms. The number of amides is 1. The zero-order valence-corrected chi connectivity index (χ0v) is 12.0. The summed E-state index contributed by atoms with van der Waals surface area (Å²) in [6.45, 7) is 4.22. The largest absolute Gasteiger partial charge is 0.389 e. The van der Waals surface area contributed by atoms with E-state index in [1.165, 1.54) is 0 Å². The van der Waals surface area contributed by atoms with E-state index in [2.05, 4.69) is 17.9 Å². The van der Waals surface area contributed by atoms with Crippen LogP contribution in [0.25, 0.3) is 0 Å². The Morgan fingerprint density at radius 1 is 0.895 bits per heavy atom. The molecule has 0 aromatic rings. The summed E-state index contributed by atoms with van der Waals surface area (Å²) in [5.41, 5.74) is 0. The summed E-state index contributed by atoms with van der Waals surface area (Å²) < 4.78 is 20.6. The Hall–Kier alpha value is -0.275. The van der Waals surface area contributed by atoms with Crippen molar-refractivity contribution in [3.63, 3.8) is 0 Å². The lowest BCUT2D eigenvalue weighted by Gasteiger charge is -2.07. The summed E-state index contributed by atoms with van der Waals surface area (Å²) in [6.07, 6.45) is 0. The van der Waals surface area contributed by atoms with Crippen LogP contribution in [0.4, 0.5) is 0 Å². The Balaban J connectivity index is 2.97. The van der Waals surface area contributed by atoms with Gasteiger partial charge >= 0.3 is 0 Å². The lowest BCUT2D eigenvalue weighted by Crippen LogP contribution is -2.28. The lowest BCUT2D eigenvalue weighted by molar-refractivity contribution is -0.118. The van der Waals surface area contributed by atoms with E-state index in [9.17, 15) is 4.79 Å². The molecule has 8 heteroatoms. The molecule has 0 atom stereocenters. The second-order valence-corrected chi connectivity index (χ2v) is 3.74. The fraction of sp³-hybridized carbons (Fsp3) is 0.909. The van der Waals surface area contributed by atoms with Gasteiger partial charge in [0.25, 0.3) is 0 Å². The van der Waals surface area contributed by atoms with Crippen LogP contribution in [0.5, 0.6) is 0 Å². The van der Waals surface area contributed by atoms with Crippen molar-refractivity contribution in [3.05, 3.63) is 0 Å². The average Bonchev–Trinajstić information content (AvgIpc) is 2.43. The molecule has 0 saturated carbocycles. The summed E-state index contributed by atoms with van der Waals surface area (Å²) in [6, 6.07) is 0. The number of hydrogen-bond donors (Lipinski definition) is 2. The molecule has 1 amide bonds. The van der Waals surface area contributed by atoms with Gasteiger partial charge in [-0.05, 0) is 0 Å². The zero-order chi connectivity index (χ0) is 14.2. The standard InChI is InChI=1S/C11H22BNO5S/c12-10-18-8-7-17-6-5-16-4-3-15-2-1-13-11(14)9-19/h19H,1-10H2,(H,13,14). The minimum absolute atomic E-state index is 0.0982. The van der Waals surface area contributed by atoms with Gasteiger partial charge in [-0.25, -0.2) is 0 Å². The predicted molar refractivity (Wildman–Crippen MR) is 75.9 cm³/mol. The first-order valence-electron chi connectivity index (χ1n) is 6.20. The highest BCUT2D eigenvalue weighted by Crippen LogP contribution is 1.82. The first kappa shape index (κ1) is 18.7. The van der Waals surface area contributed by atoms with Gasteiger partial charge in [0, 0.05) is 13.1 Å². The highest BCUT2D eigenvalue weighted by Gasteiger charge is 1.95. The van der Waals surface area contributed by atoms with Gasteiger partial charge in [0.15, 0.2) is 0 Å². The van der Waals surface area contributed by atoms with Crippen LogP contribution in [0.15, 0.2) is 0 Å². The minimum atomic E-state index is -0.0982. The molecule has 0 saturated heterocycles. The zero-order valence-electron chi connectivity index (χ0n) is 11.1. The summed E-state index contributed by atoms with van der Waals surface area (Å²) >= 11 is 3.83. The first-order valence-corrected chi connectivity index (χ1v) is 6.83. The van der Waals surface area contributed by atoms with Crippen LogP contribution < -0.4 is 5.32 Å². The molecule has 0 aliphatic rings. The molecule has 0 heterocycles. The monoisotopic (exact) mass is 291 g/mol. The van der Waals surface area contributed by atoms with Gasteiger partial charge in [-0.15, -0.1) is 0 Å². The van der Waals surface area contributed by atoms with E-state index in [-0.39, 0.29) is 18.2 Å². The third-order valence-corrected chi connectivity index (χ3v) is 2.23. The van der Waals surface area contributed by atoms with E-state index in [1.54, 1.807) is 0 Å². The van der Waals surface area contributed by atoms with E-state index in [4.69, 9.17) is 26.8 Å². The summed E-state index contributed by atoms with van der Waals surface area (Å²) in [7, 11) is 5.14. The van der Waals surface area contributed by atoms with Crippen molar-refractivity contribution in [1.29, 1.82) is 0 Å². The quantitative estimate of drug-likeness (QED) is 0.250. The van der Waals surface area contributed by atoms with Crippen molar-refractivity contribution in [2.75, 3.05) is 65.1 Å². The molecular weight excluding hydrogens is 269 g/mol. The van der Waals surface area contributed by atoms with Gasteiger partial charge in [-0.1, -0.05) is 0 Å². The molecule has 0 spiro atoms. The lowest BCUT2D eigenvalue weighted by atomic mass is 10.2. The fourth-order valence-corrected chi connectivity index (χ4v) is 1.17. The molecule has 0 fully saturated rings. The maximum atomic E-state index is 10.8. The van der Waals surface area contributed by atoms with Crippen LogP contribution in [0.3, 0.4) is 0 Å². The molecule has 0 aliphatic carbocycles. The number of rotatable bonds is 14. The molecule has 6 nitrogen and oxygen atoms in total. The van der Waals surface area contributed by atoms with Crippen molar-refractivity contribution in [3.8, 4) is 0 Å². The second kappa shape index (κ2) is 15.8. The summed E-state index contributed by atoms with van der Waals surface area (Å²) in [4.78, 5) is 10.8. The maximum absolute atomic E-state index is 10.8. The van der Waals surface area contributed by atoms with Gasteiger partial charge in [-0.2, -0.15) is 12.6 Å². The Labute approximate surface area is 121 Å². The van der Waals surface area contributed by atoms with E-state index in [1.807, 2.05) is 0 Å². The summed E-state index contributed by atoms with van der Waals surface area (Å²) in [5, 5.41) is 2.65. The second-order valence-electron chi connectivity index (χ2n) is 3.42. The first-order chi connectivity index (χ1) is 9.31. The smallest absolute Gasteiger partial charge is 0.229 e. The normalized spacial score (nSPS) is 10.6. The van der Waals surface area contributed by atoms with Gasteiger partial charge < -0.3 is 24.3 Å². The third-order valence-electron chi connectivity index (χ3n) is 1.95. The Morgan fingerprint density at radius 3 is 1.84 bits per heavy atom. The minimum Gasteiger partial charge on any atom is -0.389 e. The van der Waals surface area contributed by atoms with Crippen molar-refractivity contribution in [2.24, 2.45) is 0 Å². The van der Waals surface area contributed by atoms with E-state index < -0.39 is 0 Å². The molecular formula is C11H22BNO5S. The van der Waals surface area contributed by atoms with Gasteiger partial charge in [0.1, 0.15) is 7.85 Å². The highest BCUT2D eigenvalue weighted by molar-refractivity contribution is 7.81. The van der Waals surface area contributed by atoms with Crippen molar-refractivity contribution < 1.29 is 23.7 Å². The Kier molecular flexibility index (Phi) is 15.6. The predicted octanol–water partition coefficient (Wildman–Crippen LogP) is -0.775. The third kappa shape index (κ3) is 15.7. The molecule has 0 aromatic heterocycles. The molecule has 0 rings (SSSR count). The maximum Gasteiger partial charge on any atom is 0.229 e. The number of carbonyl (C=O) groups excluding carboxylic acids is 1. The molecule has 0 unspecified atom stereocenters. The molecule has 2 radical (unpaired) electrons. The van der Waals surface area contributed by atoms with Crippen LogP contribution >= 0.6 is 12.6 Å². The van der Waals surface area contributed by atoms with E-state index in [0.717, 1.165) is 0 Å². The fourth-order valence-electron chi connectivity index (χ4n) is 1.06. The van der Waals surface area contributed by atoms with E-state index >= 15 is 0 Å². The van der Waals surface area contributed by atoms with Crippen LogP contribution in [0.1, 0.15) is 0 Å². The van der Waals surface area contributed by atoms with Crippen LogP contribution in [0, 0.1) is 0 Å².